The van der Waals surface area contributed by atoms with Crippen molar-refractivity contribution in [1.29, 1.82) is 0 Å². The molecule has 0 aliphatic carbocycles. The minimum atomic E-state index is -5.57. The molecule has 0 fully saturated rings. The quantitative estimate of drug-likeness (QED) is 0.638. The summed E-state index contributed by atoms with van der Waals surface area (Å²) in [5, 5.41) is 0. The molecule has 0 saturated heterocycles. The molecule has 0 saturated carbocycles. The predicted octanol–water partition coefficient (Wildman–Crippen LogP) is 3.90. The molecular weight excluding hydrogens is 223 g/mol. The third-order valence-electron chi connectivity index (χ3n) is 1.57. The van der Waals surface area contributed by atoms with Gasteiger partial charge in [0.15, 0.2) is 0 Å². The Labute approximate surface area is 82.1 Å². The van der Waals surface area contributed by atoms with Crippen molar-refractivity contribution in [2.45, 2.75) is 17.0 Å². The highest BCUT2D eigenvalue weighted by Crippen LogP contribution is 2.43. The Balaban J connectivity index is 3.10. The second-order valence-corrected chi connectivity index (χ2v) is 3.07. The van der Waals surface area contributed by atoms with Crippen LogP contribution >= 0.6 is 12.6 Å². The van der Waals surface area contributed by atoms with Gasteiger partial charge in [0.05, 0.1) is 0 Å². The normalized spacial score (nSPS) is 12.9. The molecule has 0 bridgehead atoms. The first-order valence-electron chi connectivity index (χ1n) is 3.47. The highest BCUT2D eigenvalue weighted by molar-refractivity contribution is 7.80. The average Bonchev–Trinajstić information content (AvgIpc) is 2.03. The van der Waals surface area contributed by atoms with Crippen LogP contribution in [0.15, 0.2) is 29.2 Å². The van der Waals surface area contributed by atoms with Crippen molar-refractivity contribution < 1.29 is 22.0 Å². The summed E-state index contributed by atoms with van der Waals surface area (Å²) in [4.78, 5) is 0.215. The van der Waals surface area contributed by atoms with Crippen molar-refractivity contribution in [2.75, 3.05) is 0 Å². The van der Waals surface area contributed by atoms with Gasteiger partial charge in [-0.1, -0.05) is 24.8 Å². The van der Waals surface area contributed by atoms with Crippen LogP contribution in [0.25, 0.3) is 0 Å². The largest absolute Gasteiger partial charge is 0.458 e. The number of alkyl halides is 5. The monoisotopic (exact) mass is 227 g/mol. The minimum Gasteiger partial charge on any atom is -0.191 e. The second-order valence-electron chi connectivity index (χ2n) is 2.60. The molecule has 0 unspecified atom stereocenters. The van der Waals surface area contributed by atoms with Gasteiger partial charge in [0.1, 0.15) is 0 Å². The van der Waals surface area contributed by atoms with Gasteiger partial charge in [-0.15, -0.1) is 0 Å². The summed E-state index contributed by atoms with van der Waals surface area (Å²) in [5.74, 6) is -4.82. The first-order chi connectivity index (χ1) is 6.25. The Kier molecular flexibility index (Phi) is 2.67. The molecule has 0 heterocycles. The lowest BCUT2D eigenvalue weighted by molar-refractivity contribution is -0.289. The van der Waals surface area contributed by atoms with E-state index in [0.717, 1.165) is 12.1 Å². The Bertz CT molecular complexity index is 313. The number of hydrogen-bond donors (Lipinski definition) is 0. The van der Waals surface area contributed by atoms with Gasteiger partial charge in [-0.25, -0.2) is 0 Å². The van der Waals surface area contributed by atoms with Crippen LogP contribution in [0.3, 0.4) is 0 Å². The van der Waals surface area contributed by atoms with Crippen molar-refractivity contribution >= 4 is 12.6 Å². The van der Waals surface area contributed by atoms with Crippen molar-refractivity contribution in [3.8, 4) is 0 Å². The van der Waals surface area contributed by atoms with E-state index in [1.807, 2.05) is 0 Å². The lowest BCUT2D eigenvalue weighted by atomic mass is 10.1. The number of rotatable bonds is 1. The van der Waals surface area contributed by atoms with E-state index in [1.165, 1.54) is 0 Å². The van der Waals surface area contributed by atoms with Crippen molar-refractivity contribution in [1.82, 2.24) is 0 Å². The molecule has 77 valence electrons. The fourth-order valence-corrected chi connectivity index (χ4v) is 0.964. The maximum absolute atomic E-state index is 12.6. The van der Waals surface area contributed by atoms with E-state index in [0.29, 0.717) is 12.1 Å². The maximum atomic E-state index is 12.6. The Hall–Kier alpha value is -0.910. The Morgan fingerprint density at radius 2 is 1.29 bits per heavy atom. The summed E-state index contributed by atoms with van der Waals surface area (Å²) < 4.78 is 60.8. The lowest BCUT2D eigenvalue weighted by Gasteiger charge is -2.19. The Morgan fingerprint density at radius 1 is 0.857 bits per heavy atom. The van der Waals surface area contributed by atoms with Gasteiger partial charge in [-0.05, 0) is 12.1 Å². The summed E-state index contributed by atoms with van der Waals surface area (Å²) >= 11 is 4.56. The van der Waals surface area contributed by atoms with Crippen molar-refractivity contribution in [3.05, 3.63) is 29.8 Å². The standard InChI is InChI=1S/C8H4F5S/c9-7(10,8(11,12)13)5-1-3-6(14)4-2-5/h1-4H. The minimum absolute atomic E-state index is 0.215. The van der Waals surface area contributed by atoms with E-state index in [9.17, 15) is 22.0 Å². The fourth-order valence-electron chi connectivity index (χ4n) is 0.828. The van der Waals surface area contributed by atoms with Gasteiger partial charge in [0.25, 0.3) is 0 Å². The molecule has 0 aliphatic heterocycles. The van der Waals surface area contributed by atoms with Crippen LogP contribution in [0, 0.1) is 0 Å². The smallest absolute Gasteiger partial charge is 0.191 e. The average molecular weight is 227 g/mol. The zero-order chi connectivity index (χ0) is 11.0. The number of halogens is 5. The van der Waals surface area contributed by atoms with Crippen LogP contribution in [0.5, 0.6) is 0 Å². The van der Waals surface area contributed by atoms with E-state index >= 15 is 0 Å². The summed E-state index contributed by atoms with van der Waals surface area (Å²) in [7, 11) is 0. The molecule has 1 aromatic rings. The zero-order valence-corrected chi connectivity index (χ0v) is 7.42. The lowest BCUT2D eigenvalue weighted by Crippen LogP contribution is -2.33. The number of hydrogen-bond acceptors (Lipinski definition) is 0. The highest BCUT2D eigenvalue weighted by Gasteiger charge is 2.58. The first-order valence-corrected chi connectivity index (χ1v) is 3.88. The van der Waals surface area contributed by atoms with E-state index in [4.69, 9.17) is 0 Å². The SMILES string of the molecule is FC(F)(F)C(F)(F)c1ccc([S])cc1. The molecule has 0 atom stereocenters. The third-order valence-corrected chi connectivity index (χ3v) is 1.85. The number of benzene rings is 1. The maximum Gasteiger partial charge on any atom is 0.458 e. The molecule has 1 radical (unpaired) electrons. The third kappa shape index (κ3) is 1.95. The van der Waals surface area contributed by atoms with Crippen LogP contribution in [0.4, 0.5) is 22.0 Å². The molecule has 0 amide bonds. The molecule has 0 spiro atoms. The van der Waals surface area contributed by atoms with E-state index in [2.05, 4.69) is 12.6 Å². The van der Waals surface area contributed by atoms with E-state index in [-0.39, 0.29) is 4.90 Å². The van der Waals surface area contributed by atoms with Gasteiger partial charge < -0.3 is 0 Å². The van der Waals surface area contributed by atoms with Gasteiger partial charge in [-0.2, -0.15) is 22.0 Å². The van der Waals surface area contributed by atoms with E-state index < -0.39 is 17.7 Å². The topological polar surface area (TPSA) is 0 Å². The molecule has 6 heteroatoms. The molecule has 14 heavy (non-hydrogen) atoms. The summed E-state index contributed by atoms with van der Waals surface area (Å²) in [6.45, 7) is 0. The first kappa shape index (κ1) is 11.2. The van der Waals surface area contributed by atoms with Gasteiger partial charge >= 0.3 is 12.1 Å². The molecule has 1 rings (SSSR count). The summed E-state index contributed by atoms with van der Waals surface area (Å²) in [5.41, 5.74) is -1.10. The van der Waals surface area contributed by atoms with Gasteiger partial charge in [0.2, 0.25) is 0 Å². The predicted molar refractivity (Wildman–Crippen MR) is 42.2 cm³/mol. The van der Waals surface area contributed by atoms with Crippen molar-refractivity contribution in [2.24, 2.45) is 0 Å². The fraction of sp³-hybridized carbons (Fsp3) is 0.250. The van der Waals surface area contributed by atoms with Crippen LogP contribution in [0.2, 0.25) is 0 Å². The van der Waals surface area contributed by atoms with Crippen LogP contribution < -0.4 is 0 Å². The van der Waals surface area contributed by atoms with Crippen LogP contribution in [-0.4, -0.2) is 6.18 Å². The Morgan fingerprint density at radius 3 is 1.64 bits per heavy atom. The molecule has 0 N–H and O–H groups in total. The zero-order valence-electron chi connectivity index (χ0n) is 6.61. The van der Waals surface area contributed by atoms with Gasteiger partial charge in [0, 0.05) is 10.5 Å². The molecule has 1 aromatic carbocycles. The van der Waals surface area contributed by atoms with Crippen molar-refractivity contribution in [3.63, 3.8) is 0 Å². The van der Waals surface area contributed by atoms with Crippen LogP contribution in [-0.2, 0) is 5.92 Å². The highest BCUT2D eigenvalue weighted by atomic mass is 32.1. The summed E-state index contributed by atoms with van der Waals surface area (Å²) in [6, 6.07) is 3.42. The van der Waals surface area contributed by atoms with Crippen LogP contribution in [0.1, 0.15) is 5.56 Å². The molecule has 0 nitrogen and oxygen atoms in total. The van der Waals surface area contributed by atoms with E-state index in [1.54, 1.807) is 0 Å². The summed E-state index contributed by atoms with van der Waals surface area (Å²) in [6.07, 6.45) is -5.57. The molecule has 0 aromatic heterocycles. The molecular formula is C8H4F5S. The van der Waals surface area contributed by atoms with Gasteiger partial charge in [-0.3, -0.25) is 0 Å². The molecule has 0 aliphatic rings. The second kappa shape index (κ2) is 3.34.